The second kappa shape index (κ2) is 5.37. The fourth-order valence-corrected chi connectivity index (χ4v) is 3.41. The van der Waals surface area contributed by atoms with E-state index >= 15 is 0 Å². The number of likely N-dealkylation sites (N-methyl/N-ethyl adjacent to an activating group) is 1. The molecule has 1 aliphatic carbocycles. The highest BCUT2D eigenvalue weighted by molar-refractivity contribution is 7.10. The van der Waals surface area contributed by atoms with Crippen molar-refractivity contribution in [3.63, 3.8) is 0 Å². The summed E-state index contributed by atoms with van der Waals surface area (Å²) in [5.41, 5.74) is 1.24. The Labute approximate surface area is 107 Å². The molecular weight excluding hydrogens is 230 g/mol. The number of thiophene rings is 1. The first kappa shape index (κ1) is 12.2. The van der Waals surface area contributed by atoms with Crippen LogP contribution in [0.1, 0.15) is 36.1 Å². The predicted molar refractivity (Wildman–Crippen MR) is 71.1 cm³/mol. The van der Waals surface area contributed by atoms with Gasteiger partial charge in [-0.3, -0.25) is 4.79 Å². The highest BCUT2D eigenvalue weighted by Gasteiger charge is 2.29. The van der Waals surface area contributed by atoms with E-state index in [9.17, 15) is 4.79 Å². The van der Waals surface area contributed by atoms with Gasteiger partial charge >= 0.3 is 0 Å². The van der Waals surface area contributed by atoms with Crippen molar-refractivity contribution in [2.75, 3.05) is 13.1 Å². The van der Waals surface area contributed by atoms with Crippen LogP contribution in [-0.4, -0.2) is 23.9 Å². The maximum Gasteiger partial charge on any atom is 0.230 e. The molecule has 3 heteroatoms. The number of hydrogen-bond acceptors (Lipinski definition) is 2. The Morgan fingerprint density at radius 1 is 1.71 bits per heavy atom. The van der Waals surface area contributed by atoms with E-state index in [0.717, 1.165) is 19.3 Å². The minimum absolute atomic E-state index is 0.0401. The highest BCUT2D eigenvalue weighted by Crippen LogP contribution is 2.35. The van der Waals surface area contributed by atoms with E-state index in [4.69, 9.17) is 6.42 Å². The molecule has 0 fully saturated rings. The second-order valence-corrected chi connectivity index (χ2v) is 5.30. The molecule has 1 aliphatic rings. The van der Waals surface area contributed by atoms with Crippen LogP contribution in [0.4, 0.5) is 0 Å². The number of fused-ring (bicyclic) bond motifs is 1. The SMILES string of the molecule is C#CCN(CC)C(=O)C1CCCc2sccc21. The van der Waals surface area contributed by atoms with E-state index < -0.39 is 0 Å². The molecular formula is C14H17NOS. The third-order valence-electron chi connectivity index (χ3n) is 3.33. The summed E-state index contributed by atoms with van der Waals surface area (Å²) in [7, 11) is 0. The normalized spacial score (nSPS) is 18.2. The zero-order valence-electron chi connectivity index (χ0n) is 10.1. The number of rotatable bonds is 3. The Morgan fingerprint density at radius 3 is 3.24 bits per heavy atom. The van der Waals surface area contributed by atoms with E-state index in [-0.39, 0.29) is 11.8 Å². The quantitative estimate of drug-likeness (QED) is 0.752. The molecule has 1 aromatic heterocycles. The molecule has 1 heterocycles. The first-order chi connectivity index (χ1) is 8.27. The lowest BCUT2D eigenvalue weighted by Gasteiger charge is -2.27. The Kier molecular flexibility index (Phi) is 3.86. The molecule has 1 amide bonds. The monoisotopic (exact) mass is 247 g/mol. The van der Waals surface area contributed by atoms with E-state index in [1.165, 1.54) is 10.4 Å². The van der Waals surface area contributed by atoms with Crippen LogP contribution in [0.2, 0.25) is 0 Å². The number of nitrogens with zero attached hydrogens (tertiary/aromatic N) is 1. The average Bonchev–Trinajstić information content (AvgIpc) is 2.83. The van der Waals surface area contributed by atoms with Crippen LogP contribution >= 0.6 is 11.3 Å². The van der Waals surface area contributed by atoms with Crippen molar-refractivity contribution < 1.29 is 4.79 Å². The van der Waals surface area contributed by atoms with Crippen molar-refractivity contribution >= 4 is 17.2 Å². The fraction of sp³-hybridized carbons (Fsp3) is 0.500. The van der Waals surface area contributed by atoms with E-state index in [2.05, 4.69) is 17.4 Å². The number of aryl methyl sites for hydroxylation is 1. The van der Waals surface area contributed by atoms with Crippen molar-refractivity contribution in [2.45, 2.75) is 32.1 Å². The van der Waals surface area contributed by atoms with Crippen LogP contribution < -0.4 is 0 Å². The van der Waals surface area contributed by atoms with Crippen molar-refractivity contribution in [3.05, 3.63) is 21.9 Å². The number of carbonyl (C=O) groups is 1. The zero-order valence-corrected chi connectivity index (χ0v) is 10.9. The number of terminal acetylenes is 1. The van der Waals surface area contributed by atoms with Crippen LogP contribution in [0.3, 0.4) is 0 Å². The molecule has 0 saturated heterocycles. The lowest BCUT2D eigenvalue weighted by molar-refractivity contribution is -0.132. The van der Waals surface area contributed by atoms with Gasteiger partial charge in [0, 0.05) is 11.4 Å². The molecule has 2 rings (SSSR count). The molecule has 0 N–H and O–H groups in total. The summed E-state index contributed by atoms with van der Waals surface area (Å²) < 4.78 is 0. The van der Waals surface area contributed by atoms with E-state index in [0.29, 0.717) is 13.1 Å². The maximum atomic E-state index is 12.4. The van der Waals surface area contributed by atoms with Crippen molar-refractivity contribution in [1.29, 1.82) is 0 Å². The van der Waals surface area contributed by atoms with Crippen molar-refractivity contribution in [2.24, 2.45) is 0 Å². The topological polar surface area (TPSA) is 20.3 Å². The molecule has 17 heavy (non-hydrogen) atoms. The maximum absolute atomic E-state index is 12.4. The molecule has 0 aliphatic heterocycles. The molecule has 90 valence electrons. The number of hydrogen-bond donors (Lipinski definition) is 0. The minimum atomic E-state index is 0.0401. The van der Waals surface area contributed by atoms with Gasteiger partial charge in [0.25, 0.3) is 0 Å². The smallest absolute Gasteiger partial charge is 0.230 e. The fourth-order valence-electron chi connectivity index (χ4n) is 2.42. The van der Waals surface area contributed by atoms with Gasteiger partial charge in [-0.25, -0.2) is 0 Å². The van der Waals surface area contributed by atoms with Gasteiger partial charge in [-0.2, -0.15) is 0 Å². The number of amides is 1. The summed E-state index contributed by atoms with van der Waals surface area (Å²) in [4.78, 5) is 15.6. The third kappa shape index (κ3) is 2.37. The van der Waals surface area contributed by atoms with Crippen molar-refractivity contribution in [3.8, 4) is 12.3 Å². The summed E-state index contributed by atoms with van der Waals surface area (Å²) in [6.07, 6.45) is 8.50. The van der Waals surface area contributed by atoms with Crippen LogP contribution in [-0.2, 0) is 11.2 Å². The predicted octanol–water partition coefficient (Wildman–Crippen LogP) is 2.65. The molecule has 0 saturated carbocycles. The van der Waals surface area contributed by atoms with Crippen LogP contribution in [0.25, 0.3) is 0 Å². The highest BCUT2D eigenvalue weighted by atomic mass is 32.1. The molecule has 0 aromatic carbocycles. The molecule has 1 atom stereocenters. The summed E-state index contributed by atoms with van der Waals surface area (Å²) >= 11 is 1.77. The molecule has 0 bridgehead atoms. The summed E-state index contributed by atoms with van der Waals surface area (Å²) in [5, 5.41) is 2.09. The Hall–Kier alpha value is -1.27. The van der Waals surface area contributed by atoms with Gasteiger partial charge in [0.2, 0.25) is 5.91 Å². The Morgan fingerprint density at radius 2 is 2.53 bits per heavy atom. The van der Waals surface area contributed by atoms with Crippen LogP contribution in [0.15, 0.2) is 11.4 Å². The van der Waals surface area contributed by atoms with E-state index in [1.807, 2.05) is 6.92 Å². The Balaban J connectivity index is 2.19. The number of carbonyl (C=O) groups excluding carboxylic acids is 1. The first-order valence-corrected chi connectivity index (χ1v) is 6.94. The molecule has 0 radical (unpaired) electrons. The molecule has 1 aromatic rings. The molecule has 1 unspecified atom stereocenters. The first-order valence-electron chi connectivity index (χ1n) is 6.06. The molecule has 2 nitrogen and oxygen atoms in total. The summed E-state index contributed by atoms with van der Waals surface area (Å²) in [6, 6.07) is 2.10. The zero-order chi connectivity index (χ0) is 12.3. The summed E-state index contributed by atoms with van der Waals surface area (Å²) in [5.74, 6) is 2.80. The third-order valence-corrected chi connectivity index (χ3v) is 4.32. The van der Waals surface area contributed by atoms with Gasteiger partial charge in [-0.05, 0) is 43.2 Å². The van der Waals surface area contributed by atoms with E-state index in [1.54, 1.807) is 16.2 Å². The van der Waals surface area contributed by atoms with Gasteiger partial charge < -0.3 is 4.90 Å². The Bertz CT molecular complexity index is 443. The largest absolute Gasteiger partial charge is 0.331 e. The standard InChI is InChI=1S/C14H17NOS/c1-3-9-15(4-2)14(16)12-6-5-7-13-11(12)8-10-17-13/h1,8,10,12H,4-7,9H2,2H3. The second-order valence-electron chi connectivity index (χ2n) is 4.30. The van der Waals surface area contributed by atoms with Crippen LogP contribution in [0.5, 0.6) is 0 Å². The summed E-state index contributed by atoms with van der Waals surface area (Å²) in [6.45, 7) is 3.09. The van der Waals surface area contributed by atoms with Gasteiger partial charge in [0.1, 0.15) is 0 Å². The molecule has 0 spiro atoms. The van der Waals surface area contributed by atoms with Crippen LogP contribution in [0, 0.1) is 12.3 Å². The minimum Gasteiger partial charge on any atom is -0.331 e. The van der Waals surface area contributed by atoms with Crippen molar-refractivity contribution in [1.82, 2.24) is 4.90 Å². The lowest BCUT2D eigenvalue weighted by atomic mass is 9.86. The van der Waals surface area contributed by atoms with Gasteiger partial charge in [0.15, 0.2) is 0 Å². The average molecular weight is 247 g/mol. The van der Waals surface area contributed by atoms with Gasteiger partial charge in [0.05, 0.1) is 12.5 Å². The lowest BCUT2D eigenvalue weighted by Crippen LogP contribution is -2.36. The van der Waals surface area contributed by atoms with Gasteiger partial charge in [-0.1, -0.05) is 5.92 Å². The van der Waals surface area contributed by atoms with Gasteiger partial charge in [-0.15, -0.1) is 17.8 Å².